The van der Waals surface area contributed by atoms with Crippen LogP contribution < -0.4 is 4.74 Å². The second kappa shape index (κ2) is 8.32. The maximum Gasteiger partial charge on any atom is 0.241 e. The van der Waals surface area contributed by atoms with Crippen LogP contribution in [0.3, 0.4) is 0 Å². The van der Waals surface area contributed by atoms with Gasteiger partial charge in [-0.2, -0.15) is 0 Å². The Kier molecular flexibility index (Phi) is 5.44. The Labute approximate surface area is 174 Å². The zero-order valence-corrected chi connectivity index (χ0v) is 16.7. The van der Waals surface area contributed by atoms with E-state index in [-0.39, 0.29) is 5.91 Å². The van der Waals surface area contributed by atoms with E-state index in [0.717, 1.165) is 22.6 Å². The third-order valence-corrected chi connectivity index (χ3v) is 5.20. The van der Waals surface area contributed by atoms with E-state index in [1.165, 1.54) is 0 Å². The van der Waals surface area contributed by atoms with Crippen LogP contribution in [0.5, 0.6) is 5.75 Å². The molecule has 1 atom stereocenters. The number of amides is 1. The van der Waals surface area contributed by atoms with E-state index in [1.807, 2.05) is 66.7 Å². The Balaban J connectivity index is 1.74. The molecule has 0 N–H and O–H groups in total. The molecule has 1 unspecified atom stereocenters. The first-order valence-corrected chi connectivity index (χ1v) is 9.60. The SMILES string of the molecule is COc1ccc(N=C2C(=S)N(Cc3cccnc3)C(=O)C2c2ccccc2)cc1. The molecule has 1 aliphatic heterocycles. The van der Waals surface area contributed by atoms with Gasteiger partial charge in [0.2, 0.25) is 5.91 Å². The number of methoxy groups -OCH3 is 1. The lowest BCUT2D eigenvalue weighted by molar-refractivity contribution is -0.126. The van der Waals surface area contributed by atoms with Gasteiger partial charge in [-0.25, -0.2) is 4.99 Å². The highest BCUT2D eigenvalue weighted by Crippen LogP contribution is 2.32. The minimum absolute atomic E-state index is 0.0719. The van der Waals surface area contributed by atoms with Gasteiger partial charge in [0.05, 0.1) is 25.1 Å². The molecule has 3 aromatic rings. The molecule has 0 saturated carbocycles. The predicted octanol–water partition coefficient (Wildman–Crippen LogP) is 4.32. The number of aliphatic imine (C=N–C) groups is 1. The van der Waals surface area contributed by atoms with Gasteiger partial charge in [0, 0.05) is 12.4 Å². The molecule has 0 spiro atoms. The molecule has 2 heterocycles. The highest BCUT2D eigenvalue weighted by Gasteiger charge is 2.42. The van der Waals surface area contributed by atoms with Crippen LogP contribution in [0.2, 0.25) is 0 Å². The first-order valence-electron chi connectivity index (χ1n) is 9.19. The van der Waals surface area contributed by atoms with Gasteiger partial charge in [-0.15, -0.1) is 0 Å². The number of nitrogens with zero attached hydrogens (tertiary/aromatic N) is 3. The van der Waals surface area contributed by atoms with Crippen molar-refractivity contribution in [3.63, 3.8) is 0 Å². The summed E-state index contributed by atoms with van der Waals surface area (Å²) >= 11 is 5.69. The molecular formula is C23H19N3O2S. The molecule has 0 aliphatic carbocycles. The summed E-state index contributed by atoms with van der Waals surface area (Å²) in [4.78, 5) is 24.3. The van der Waals surface area contributed by atoms with Crippen molar-refractivity contribution in [3.05, 3.63) is 90.3 Å². The lowest BCUT2D eigenvalue weighted by Crippen LogP contribution is -2.29. The van der Waals surface area contributed by atoms with Gasteiger partial charge in [-0.1, -0.05) is 48.6 Å². The van der Waals surface area contributed by atoms with Crippen molar-refractivity contribution in [2.75, 3.05) is 7.11 Å². The highest BCUT2D eigenvalue weighted by molar-refractivity contribution is 7.82. The zero-order valence-electron chi connectivity index (χ0n) is 15.9. The van der Waals surface area contributed by atoms with Crippen LogP contribution in [0.4, 0.5) is 5.69 Å². The standard InChI is InChI=1S/C23H19N3O2S/c1-28-19-11-9-18(10-12-19)25-21-20(17-7-3-2-4-8-17)22(27)26(23(21)29)15-16-6-5-13-24-14-16/h2-14,20H,15H2,1H3. The number of hydrogen-bond donors (Lipinski definition) is 0. The van der Waals surface area contributed by atoms with Crippen molar-refractivity contribution in [3.8, 4) is 5.75 Å². The van der Waals surface area contributed by atoms with Crippen molar-refractivity contribution in [2.24, 2.45) is 4.99 Å². The van der Waals surface area contributed by atoms with E-state index in [2.05, 4.69) is 4.98 Å². The second-order valence-electron chi connectivity index (χ2n) is 6.63. The first-order chi connectivity index (χ1) is 14.2. The molecule has 2 aromatic carbocycles. The van der Waals surface area contributed by atoms with Crippen LogP contribution >= 0.6 is 12.2 Å². The monoisotopic (exact) mass is 401 g/mol. The van der Waals surface area contributed by atoms with E-state index < -0.39 is 5.92 Å². The summed E-state index contributed by atoms with van der Waals surface area (Å²) in [7, 11) is 1.62. The van der Waals surface area contributed by atoms with Crippen molar-refractivity contribution in [2.45, 2.75) is 12.5 Å². The average Bonchev–Trinajstić information content (AvgIpc) is 3.00. The van der Waals surface area contributed by atoms with Crippen LogP contribution in [-0.2, 0) is 11.3 Å². The molecule has 0 radical (unpaired) electrons. The average molecular weight is 401 g/mol. The van der Waals surface area contributed by atoms with Crippen molar-refractivity contribution < 1.29 is 9.53 Å². The molecular weight excluding hydrogens is 382 g/mol. The van der Waals surface area contributed by atoms with Gasteiger partial charge in [0.25, 0.3) is 0 Å². The van der Waals surface area contributed by atoms with E-state index in [0.29, 0.717) is 17.2 Å². The van der Waals surface area contributed by atoms with Gasteiger partial charge < -0.3 is 4.74 Å². The molecule has 29 heavy (non-hydrogen) atoms. The van der Waals surface area contributed by atoms with Crippen molar-refractivity contribution in [1.29, 1.82) is 0 Å². The number of rotatable bonds is 5. The Bertz CT molecular complexity index is 1050. The fourth-order valence-corrected chi connectivity index (χ4v) is 3.63. The van der Waals surface area contributed by atoms with Crippen molar-refractivity contribution >= 4 is 34.5 Å². The number of hydrogen-bond acceptors (Lipinski definition) is 5. The highest BCUT2D eigenvalue weighted by atomic mass is 32.1. The molecule has 1 fully saturated rings. The quantitative estimate of drug-likeness (QED) is 0.598. The number of likely N-dealkylation sites (tertiary alicyclic amines) is 1. The molecule has 6 heteroatoms. The minimum atomic E-state index is -0.525. The van der Waals surface area contributed by atoms with Crippen LogP contribution in [0, 0.1) is 0 Å². The minimum Gasteiger partial charge on any atom is -0.497 e. The van der Waals surface area contributed by atoms with Crippen LogP contribution in [-0.4, -0.2) is 33.6 Å². The number of pyridine rings is 1. The fourth-order valence-electron chi connectivity index (χ4n) is 3.31. The summed E-state index contributed by atoms with van der Waals surface area (Å²) in [6.45, 7) is 0.372. The number of carbonyl (C=O) groups excluding carboxylic acids is 1. The molecule has 1 amide bonds. The lowest BCUT2D eigenvalue weighted by atomic mass is 9.96. The molecule has 144 valence electrons. The summed E-state index contributed by atoms with van der Waals surface area (Å²) < 4.78 is 5.21. The lowest BCUT2D eigenvalue weighted by Gasteiger charge is -2.15. The number of benzene rings is 2. The molecule has 4 rings (SSSR count). The van der Waals surface area contributed by atoms with Gasteiger partial charge in [-0.05, 0) is 41.5 Å². The molecule has 5 nitrogen and oxygen atoms in total. The van der Waals surface area contributed by atoms with Gasteiger partial charge >= 0.3 is 0 Å². The van der Waals surface area contributed by atoms with Crippen LogP contribution in [0.25, 0.3) is 0 Å². The van der Waals surface area contributed by atoms with Gasteiger partial charge in [0.1, 0.15) is 16.7 Å². The Hall–Kier alpha value is -3.38. The van der Waals surface area contributed by atoms with Gasteiger partial charge in [0.15, 0.2) is 0 Å². The maximum atomic E-state index is 13.3. The first kappa shape index (κ1) is 19.0. The topological polar surface area (TPSA) is 54.8 Å². The largest absolute Gasteiger partial charge is 0.497 e. The third-order valence-electron chi connectivity index (χ3n) is 4.77. The van der Waals surface area contributed by atoms with E-state index in [1.54, 1.807) is 24.4 Å². The Morgan fingerprint density at radius 1 is 1.07 bits per heavy atom. The summed E-state index contributed by atoms with van der Waals surface area (Å²) in [5, 5.41) is 0. The predicted molar refractivity (Wildman–Crippen MR) is 117 cm³/mol. The summed E-state index contributed by atoms with van der Waals surface area (Å²) in [5.41, 5.74) is 3.10. The second-order valence-corrected chi connectivity index (χ2v) is 7.02. The maximum absolute atomic E-state index is 13.3. The fraction of sp³-hybridized carbons (Fsp3) is 0.130. The normalized spacial score (nSPS) is 17.8. The molecule has 0 bridgehead atoms. The Morgan fingerprint density at radius 3 is 2.48 bits per heavy atom. The van der Waals surface area contributed by atoms with E-state index >= 15 is 0 Å². The summed E-state index contributed by atoms with van der Waals surface area (Å²) in [5.74, 6) is 0.150. The number of thiocarbonyl (C=S) groups is 1. The summed E-state index contributed by atoms with van der Waals surface area (Å²) in [6, 6.07) is 20.8. The third kappa shape index (κ3) is 3.93. The molecule has 1 saturated heterocycles. The number of ether oxygens (including phenoxy) is 1. The summed E-state index contributed by atoms with van der Waals surface area (Å²) in [6.07, 6.45) is 3.45. The van der Waals surface area contributed by atoms with Crippen LogP contribution in [0.15, 0.2) is 84.1 Å². The molecule has 1 aromatic heterocycles. The van der Waals surface area contributed by atoms with Crippen LogP contribution in [0.1, 0.15) is 17.0 Å². The van der Waals surface area contributed by atoms with Crippen molar-refractivity contribution in [1.82, 2.24) is 9.88 Å². The number of carbonyl (C=O) groups is 1. The molecule has 1 aliphatic rings. The smallest absolute Gasteiger partial charge is 0.241 e. The zero-order chi connectivity index (χ0) is 20.2. The van der Waals surface area contributed by atoms with Gasteiger partial charge in [-0.3, -0.25) is 14.7 Å². The number of aromatic nitrogens is 1. The van der Waals surface area contributed by atoms with E-state index in [4.69, 9.17) is 21.9 Å². The Morgan fingerprint density at radius 2 is 1.83 bits per heavy atom. The van der Waals surface area contributed by atoms with E-state index in [9.17, 15) is 4.79 Å².